The molecule has 3 aliphatic heterocycles. The normalized spacial score (nSPS) is 31.9. The standard InChI is InChI=1S/C17H23N5O3S/c1-10(2)22-8-17-5-4-11(25-17)12(13(17)15(22)24)14(23)18-6-7-26-16-20-19-9-21(16)3/h4-5,9-13H,6-8H2,1-3H3,(H,18,23)/t11-,12-,13+,17-/m1/s1. The van der Waals surface area contributed by atoms with Gasteiger partial charge in [-0.3, -0.25) is 9.59 Å². The summed E-state index contributed by atoms with van der Waals surface area (Å²) in [7, 11) is 1.88. The molecule has 0 aromatic carbocycles. The number of rotatable bonds is 6. The Morgan fingerprint density at radius 2 is 2.35 bits per heavy atom. The number of amides is 2. The zero-order chi connectivity index (χ0) is 18.5. The molecule has 2 amide bonds. The molecule has 0 unspecified atom stereocenters. The van der Waals surface area contributed by atoms with Crippen LogP contribution in [0.25, 0.3) is 0 Å². The van der Waals surface area contributed by atoms with E-state index in [0.29, 0.717) is 18.8 Å². The fraction of sp³-hybridized carbons (Fsp3) is 0.647. The predicted molar refractivity (Wildman–Crippen MR) is 95.3 cm³/mol. The number of aromatic nitrogens is 3. The fourth-order valence-corrected chi connectivity index (χ4v) is 4.84. The summed E-state index contributed by atoms with van der Waals surface area (Å²) >= 11 is 1.53. The molecule has 1 aromatic heterocycles. The highest BCUT2D eigenvalue weighted by molar-refractivity contribution is 7.99. The van der Waals surface area contributed by atoms with Gasteiger partial charge in [-0.2, -0.15) is 0 Å². The van der Waals surface area contributed by atoms with Crippen molar-refractivity contribution in [1.82, 2.24) is 25.0 Å². The van der Waals surface area contributed by atoms with E-state index >= 15 is 0 Å². The van der Waals surface area contributed by atoms with Crippen LogP contribution >= 0.6 is 11.8 Å². The summed E-state index contributed by atoms with van der Waals surface area (Å²) < 4.78 is 7.92. The zero-order valence-corrected chi connectivity index (χ0v) is 15.9. The van der Waals surface area contributed by atoms with Gasteiger partial charge in [-0.05, 0) is 13.8 Å². The van der Waals surface area contributed by atoms with Crippen molar-refractivity contribution in [2.24, 2.45) is 18.9 Å². The quantitative estimate of drug-likeness (QED) is 0.433. The van der Waals surface area contributed by atoms with E-state index in [1.807, 2.05) is 42.5 Å². The number of fused-ring (bicyclic) bond motifs is 1. The van der Waals surface area contributed by atoms with E-state index in [2.05, 4.69) is 15.5 Å². The van der Waals surface area contributed by atoms with Gasteiger partial charge in [0.05, 0.1) is 24.5 Å². The third kappa shape index (κ3) is 2.64. The van der Waals surface area contributed by atoms with Gasteiger partial charge in [-0.25, -0.2) is 0 Å². The molecule has 26 heavy (non-hydrogen) atoms. The van der Waals surface area contributed by atoms with Crippen LogP contribution in [0.15, 0.2) is 23.6 Å². The van der Waals surface area contributed by atoms with Gasteiger partial charge in [0.1, 0.15) is 11.9 Å². The van der Waals surface area contributed by atoms with E-state index in [1.54, 1.807) is 6.33 Å². The number of nitrogens with zero attached hydrogens (tertiary/aromatic N) is 4. The summed E-state index contributed by atoms with van der Waals surface area (Å²) in [5, 5.41) is 11.6. The van der Waals surface area contributed by atoms with E-state index in [9.17, 15) is 9.59 Å². The Labute approximate surface area is 156 Å². The van der Waals surface area contributed by atoms with Crippen LogP contribution in [-0.4, -0.2) is 68.1 Å². The highest BCUT2D eigenvalue weighted by Crippen LogP contribution is 2.52. The lowest BCUT2D eigenvalue weighted by molar-refractivity contribution is -0.138. The zero-order valence-electron chi connectivity index (χ0n) is 15.1. The molecule has 140 valence electrons. The second-order valence-electron chi connectivity index (χ2n) is 7.32. The van der Waals surface area contributed by atoms with Gasteiger partial charge in [-0.15, -0.1) is 10.2 Å². The van der Waals surface area contributed by atoms with Crippen molar-refractivity contribution < 1.29 is 14.3 Å². The number of hydrogen-bond donors (Lipinski definition) is 1. The number of hydrogen-bond acceptors (Lipinski definition) is 6. The first-order chi connectivity index (χ1) is 12.4. The van der Waals surface area contributed by atoms with Crippen molar-refractivity contribution in [2.75, 3.05) is 18.8 Å². The van der Waals surface area contributed by atoms with Crippen molar-refractivity contribution in [1.29, 1.82) is 0 Å². The van der Waals surface area contributed by atoms with Crippen molar-refractivity contribution in [2.45, 2.75) is 36.8 Å². The topological polar surface area (TPSA) is 89.3 Å². The number of carbonyl (C=O) groups is 2. The molecule has 0 radical (unpaired) electrons. The van der Waals surface area contributed by atoms with Crippen LogP contribution in [-0.2, 0) is 21.4 Å². The molecule has 1 N–H and O–H groups in total. The number of ether oxygens (including phenoxy) is 1. The Morgan fingerprint density at radius 3 is 3.04 bits per heavy atom. The number of aryl methyl sites for hydroxylation is 1. The first kappa shape index (κ1) is 17.5. The summed E-state index contributed by atoms with van der Waals surface area (Å²) in [5.41, 5.74) is -0.624. The molecule has 2 fully saturated rings. The van der Waals surface area contributed by atoms with E-state index in [-0.39, 0.29) is 24.0 Å². The molecule has 0 aliphatic carbocycles. The second-order valence-corrected chi connectivity index (χ2v) is 8.39. The minimum Gasteiger partial charge on any atom is -0.360 e. The van der Waals surface area contributed by atoms with E-state index in [4.69, 9.17) is 4.74 Å². The Hall–Kier alpha value is -1.87. The Balaban J connectivity index is 1.38. The fourth-order valence-electron chi connectivity index (χ4n) is 4.10. The molecule has 2 bridgehead atoms. The number of thioether (sulfide) groups is 1. The molecule has 8 nitrogen and oxygen atoms in total. The summed E-state index contributed by atoms with van der Waals surface area (Å²) in [6.07, 6.45) is 5.26. The Morgan fingerprint density at radius 1 is 1.54 bits per heavy atom. The molecule has 4 heterocycles. The molecular formula is C17H23N5O3S. The molecule has 9 heteroatoms. The summed E-state index contributed by atoms with van der Waals surface area (Å²) in [5.74, 6) is -0.250. The number of nitrogens with one attached hydrogen (secondary N) is 1. The van der Waals surface area contributed by atoms with Crippen LogP contribution in [0.5, 0.6) is 0 Å². The average Bonchev–Trinajstić information content (AvgIpc) is 3.33. The van der Waals surface area contributed by atoms with Crippen LogP contribution < -0.4 is 5.32 Å². The van der Waals surface area contributed by atoms with E-state index < -0.39 is 17.4 Å². The van der Waals surface area contributed by atoms with Crippen molar-refractivity contribution >= 4 is 23.6 Å². The van der Waals surface area contributed by atoms with E-state index in [1.165, 1.54) is 11.8 Å². The monoisotopic (exact) mass is 377 g/mol. The third-order valence-corrected chi connectivity index (χ3v) is 6.39. The summed E-state index contributed by atoms with van der Waals surface area (Å²) in [6, 6.07) is 0.102. The van der Waals surface area contributed by atoms with Crippen LogP contribution in [0, 0.1) is 11.8 Å². The lowest BCUT2D eigenvalue weighted by Gasteiger charge is -2.24. The molecular weight excluding hydrogens is 354 g/mol. The molecule has 1 spiro atoms. The Bertz CT molecular complexity index is 763. The Kier molecular flexibility index (Phi) is 4.31. The summed E-state index contributed by atoms with van der Waals surface area (Å²) in [4.78, 5) is 27.5. The molecule has 3 aliphatic rings. The van der Waals surface area contributed by atoms with Crippen molar-refractivity contribution in [3.8, 4) is 0 Å². The molecule has 4 atom stereocenters. The van der Waals surface area contributed by atoms with Gasteiger partial charge in [0, 0.05) is 25.4 Å². The van der Waals surface area contributed by atoms with Crippen LogP contribution in [0.3, 0.4) is 0 Å². The summed E-state index contributed by atoms with van der Waals surface area (Å²) in [6.45, 7) is 5.02. The van der Waals surface area contributed by atoms with Crippen molar-refractivity contribution in [3.05, 3.63) is 18.5 Å². The number of carbonyl (C=O) groups excluding carboxylic acids is 2. The SMILES string of the molecule is CC(C)N1C[C@@]23C=C[C@@H](O2)[C@@H](C(=O)NCCSc2nncn2C)[C@H]3C1=O. The first-order valence-corrected chi connectivity index (χ1v) is 9.84. The maximum atomic E-state index is 12.9. The van der Waals surface area contributed by atoms with Gasteiger partial charge in [0.2, 0.25) is 11.8 Å². The molecule has 0 saturated carbocycles. The van der Waals surface area contributed by atoms with Crippen LogP contribution in [0.1, 0.15) is 13.8 Å². The van der Waals surface area contributed by atoms with Crippen molar-refractivity contribution in [3.63, 3.8) is 0 Å². The minimum atomic E-state index is -0.624. The lowest BCUT2D eigenvalue weighted by atomic mass is 9.77. The molecule has 1 aromatic rings. The van der Waals surface area contributed by atoms with Gasteiger partial charge < -0.3 is 19.5 Å². The molecule has 4 rings (SSSR count). The predicted octanol–water partition coefficient (Wildman–Crippen LogP) is 0.214. The largest absolute Gasteiger partial charge is 0.360 e. The average molecular weight is 377 g/mol. The van der Waals surface area contributed by atoms with Gasteiger partial charge in [-0.1, -0.05) is 23.9 Å². The highest BCUT2D eigenvalue weighted by Gasteiger charge is 2.66. The van der Waals surface area contributed by atoms with Gasteiger partial charge >= 0.3 is 0 Å². The lowest BCUT2D eigenvalue weighted by Crippen LogP contribution is -2.45. The minimum absolute atomic E-state index is 0.0282. The maximum absolute atomic E-state index is 12.9. The van der Waals surface area contributed by atoms with E-state index in [0.717, 1.165) is 5.16 Å². The van der Waals surface area contributed by atoms with Gasteiger partial charge in [0.15, 0.2) is 5.16 Å². The van der Waals surface area contributed by atoms with Crippen LogP contribution in [0.2, 0.25) is 0 Å². The smallest absolute Gasteiger partial charge is 0.230 e. The third-order valence-electron chi connectivity index (χ3n) is 5.36. The number of likely N-dealkylation sites (tertiary alicyclic amines) is 1. The maximum Gasteiger partial charge on any atom is 0.230 e. The molecule has 2 saturated heterocycles. The first-order valence-electron chi connectivity index (χ1n) is 8.85. The van der Waals surface area contributed by atoms with Crippen LogP contribution in [0.4, 0.5) is 0 Å². The van der Waals surface area contributed by atoms with Gasteiger partial charge in [0.25, 0.3) is 0 Å². The second kappa shape index (κ2) is 6.38. The highest BCUT2D eigenvalue weighted by atomic mass is 32.2.